The van der Waals surface area contributed by atoms with E-state index in [0.29, 0.717) is 18.8 Å². The van der Waals surface area contributed by atoms with Crippen molar-refractivity contribution in [2.75, 3.05) is 17.2 Å². The molecule has 5 rings (SSSR count). The summed E-state index contributed by atoms with van der Waals surface area (Å²) < 4.78 is 14.4. The van der Waals surface area contributed by atoms with Crippen LogP contribution in [0.3, 0.4) is 0 Å². The predicted molar refractivity (Wildman–Crippen MR) is 135 cm³/mol. The number of benzene rings is 1. The van der Waals surface area contributed by atoms with E-state index in [9.17, 15) is 14.3 Å². The summed E-state index contributed by atoms with van der Waals surface area (Å²) in [6, 6.07) is 8.75. The van der Waals surface area contributed by atoms with Gasteiger partial charge in [-0.15, -0.1) is 0 Å². The van der Waals surface area contributed by atoms with Crippen LogP contribution in [0.5, 0.6) is 0 Å². The van der Waals surface area contributed by atoms with E-state index in [1.54, 1.807) is 0 Å². The minimum atomic E-state index is -1.26. The summed E-state index contributed by atoms with van der Waals surface area (Å²) in [6.07, 6.45) is 4.12. The van der Waals surface area contributed by atoms with Gasteiger partial charge in [-0.25, -0.2) is 14.4 Å². The summed E-state index contributed by atoms with van der Waals surface area (Å²) in [7, 11) is 0. The molecule has 36 heavy (non-hydrogen) atoms. The fraction of sp³-hybridized carbons (Fsp3) is 0.385. The van der Waals surface area contributed by atoms with E-state index in [4.69, 9.17) is 0 Å². The number of anilines is 4. The predicted octanol–water partition coefficient (Wildman–Crippen LogP) is 3.65. The Morgan fingerprint density at radius 1 is 1.14 bits per heavy atom. The van der Waals surface area contributed by atoms with Crippen molar-refractivity contribution in [2.45, 2.75) is 57.7 Å². The van der Waals surface area contributed by atoms with E-state index in [2.05, 4.69) is 48.4 Å². The van der Waals surface area contributed by atoms with Crippen molar-refractivity contribution in [3.05, 3.63) is 64.7 Å². The third-order valence-corrected chi connectivity index (χ3v) is 6.52. The molecule has 1 aromatic carbocycles. The Labute approximate surface area is 209 Å². The molecule has 1 amide bonds. The Bertz CT molecular complexity index is 1290. The summed E-state index contributed by atoms with van der Waals surface area (Å²) in [5.41, 5.74) is 2.34. The standard InChI is InChI=1S/C26H30FN7O2/c1-15(2)30-24(35)19-14-29-25(31-18-5-4-17-13-28-11-8-16(17)12-18)34-23(19)33-21-7-6-20(27)22(32-21)26(36)9-3-10-26/h4-7,12,14-15,28,36H,3,8-11,13H2,1-2H3,(H,30,35)(H2,29,31,32,33,34). The Morgan fingerprint density at radius 3 is 2.72 bits per heavy atom. The van der Waals surface area contributed by atoms with Crippen molar-refractivity contribution in [1.82, 2.24) is 25.6 Å². The first-order valence-electron chi connectivity index (χ1n) is 12.2. The van der Waals surface area contributed by atoms with Crippen LogP contribution < -0.4 is 21.3 Å². The second-order valence-corrected chi connectivity index (χ2v) is 9.66. The molecule has 188 valence electrons. The molecule has 2 aromatic heterocycles. The minimum Gasteiger partial charge on any atom is -0.383 e. The number of carbonyl (C=O) groups excluding carboxylic acids is 1. The SMILES string of the molecule is CC(C)NC(=O)c1cnc(Nc2ccc3c(c2)CCNC3)nc1Nc1ccc(F)c(C2(O)CCC2)n1. The van der Waals surface area contributed by atoms with Gasteiger partial charge < -0.3 is 26.4 Å². The van der Waals surface area contributed by atoms with Gasteiger partial charge in [0.25, 0.3) is 5.91 Å². The van der Waals surface area contributed by atoms with E-state index >= 15 is 0 Å². The van der Waals surface area contributed by atoms with E-state index in [0.717, 1.165) is 31.6 Å². The van der Waals surface area contributed by atoms with Crippen LogP contribution in [-0.2, 0) is 18.6 Å². The van der Waals surface area contributed by atoms with Crippen LogP contribution in [0.25, 0.3) is 0 Å². The van der Waals surface area contributed by atoms with Crippen molar-refractivity contribution in [3.63, 3.8) is 0 Å². The van der Waals surface area contributed by atoms with Crippen molar-refractivity contribution in [2.24, 2.45) is 0 Å². The Hall–Kier alpha value is -3.63. The Balaban J connectivity index is 1.46. The number of hydrogen-bond donors (Lipinski definition) is 5. The first-order chi connectivity index (χ1) is 17.3. The van der Waals surface area contributed by atoms with Crippen molar-refractivity contribution >= 4 is 29.2 Å². The molecule has 0 atom stereocenters. The third-order valence-electron chi connectivity index (χ3n) is 6.52. The van der Waals surface area contributed by atoms with Crippen LogP contribution in [0, 0.1) is 5.82 Å². The zero-order valence-electron chi connectivity index (χ0n) is 20.4. The molecule has 1 aliphatic heterocycles. The number of amides is 1. The maximum Gasteiger partial charge on any atom is 0.256 e. The molecule has 1 fully saturated rings. The van der Waals surface area contributed by atoms with Crippen molar-refractivity contribution in [3.8, 4) is 0 Å². The monoisotopic (exact) mass is 491 g/mol. The fourth-order valence-electron chi connectivity index (χ4n) is 4.44. The number of nitrogens with zero attached hydrogens (tertiary/aromatic N) is 3. The minimum absolute atomic E-state index is 0.00267. The smallest absolute Gasteiger partial charge is 0.256 e. The zero-order chi connectivity index (χ0) is 25.3. The molecule has 1 aliphatic carbocycles. The van der Waals surface area contributed by atoms with Crippen LogP contribution in [0.1, 0.15) is 60.3 Å². The van der Waals surface area contributed by atoms with Crippen molar-refractivity contribution in [1.29, 1.82) is 0 Å². The molecule has 1 saturated carbocycles. The molecule has 9 nitrogen and oxygen atoms in total. The summed E-state index contributed by atoms with van der Waals surface area (Å²) in [5.74, 6) is -0.115. The lowest BCUT2D eigenvalue weighted by atomic mass is 9.77. The van der Waals surface area contributed by atoms with Gasteiger partial charge in [0.2, 0.25) is 5.95 Å². The molecule has 0 radical (unpaired) electrons. The van der Waals surface area contributed by atoms with Crippen molar-refractivity contribution < 1.29 is 14.3 Å². The highest BCUT2D eigenvalue weighted by molar-refractivity contribution is 5.99. The van der Waals surface area contributed by atoms with Gasteiger partial charge in [-0.3, -0.25) is 4.79 Å². The number of carbonyl (C=O) groups is 1. The number of aliphatic hydroxyl groups is 1. The molecule has 0 spiro atoms. The van der Waals surface area contributed by atoms with Gasteiger partial charge in [-0.2, -0.15) is 4.98 Å². The number of aromatic nitrogens is 3. The molecule has 0 bridgehead atoms. The Kier molecular flexibility index (Phi) is 6.55. The molecule has 3 aromatic rings. The fourth-order valence-corrected chi connectivity index (χ4v) is 4.44. The molecular weight excluding hydrogens is 461 g/mol. The second-order valence-electron chi connectivity index (χ2n) is 9.66. The van der Waals surface area contributed by atoms with Gasteiger partial charge in [0.05, 0.1) is 0 Å². The lowest BCUT2D eigenvalue weighted by Gasteiger charge is -2.36. The summed E-state index contributed by atoms with van der Waals surface area (Å²) >= 11 is 0. The van der Waals surface area contributed by atoms with Crippen LogP contribution in [-0.4, -0.2) is 38.6 Å². The van der Waals surface area contributed by atoms with E-state index in [1.165, 1.54) is 29.5 Å². The van der Waals surface area contributed by atoms with E-state index < -0.39 is 11.4 Å². The van der Waals surface area contributed by atoms with E-state index in [-0.39, 0.29) is 34.8 Å². The highest BCUT2D eigenvalue weighted by atomic mass is 19.1. The summed E-state index contributed by atoms with van der Waals surface area (Å²) in [6.45, 7) is 5.51. The molecule has 0 saturated heterocycles. The quantitative estimate of drug-likeness (QED) is 0.339. The average Bonchev–Trinajstić information content (AvgIpc) is 2.83. The lowest BCUT2D eigenvalue weighted by Crippen LogP contribution is -2.35. The van der Waals surface area contributed by atoms with Gasteiger partial charge >= 0.3 is 0 Å². The second kappa shape index (κ2) is 9.79. The molecule has 3 heterocycles. The van der Waals surface area contributed by atoms with Crippen LogP contribution in [0.4, 0.5) is 27.7 Å². The number of hydrogen-bond acceptors (Lipinski definition) is 8. The maximum atomic E-state index is 14.4. The van der Waals surface area contributed by atoms with Gasteiger partial charge in [-0.05, 0) is 81.5 Å². The molecule has 5 N–H and O–H groups in total. The molecule has 10 heteroatoms. The van der Waals surface area contributed by atoms with Gasteiger partial charge in [-0.1, -0.05) is 6.07 Å². The number of rotatable bonds is 7. The van der Waals surface area contributed by atoms with Crippen LogP contribution in [0.2, 0.25) is 0 Å². The average molecular weight is 492 g/mol. The lowest BCUT2D eigenvalue weighted by molar-refractivity contribution is -0.0455. The van der Waals surface area contributed by atoms with Crippen LogP contribution >= 0.6 is 0 Å². The normalized spacial score (nSPS) is 16.1. The molecular formula is C26H30FN7O2. The summed E-state index contributed by atoms with van der Waals surface area (Å²) in [5, 5.41) is 23.1. The highest BCUT2D eigenvalue weighted by Gasteiger charge is 2.40. The number of fused-ring (bicyclic) bond motifs is 1. The first-order valence-corrected chi connectivity index (χ1v) is 12.2. The molecule has 0 unspecified atom stereocenters. The number of pyridine rings is 1. The first kappa shape index (κ1) is 24.1. The highest BCUT2D eigenvalue weighted by Crippen LogP contribution is 2.41. The third kappa shape index (κ3) is 5.00. The van der Waals surface area contributed by atoms with E-state index in [1.807, 2.05) is 19.9 Å². The topological polar surface area (TPSA) is 124 Å². The number of nitrogens with one attached hydrogen (secondary N) is 4. The molecule has 2 aliphatic rings. The number of halogens is 1. The largest absolute Gasteiger partial charge is 0.383 e. The zero-order valence-corrected chi connectivity index (χ0v) is 20.4. The van der Waals surface area contributed by atoms with Gasteiger partial charge in [0.1, 0.15) is 34.3 Å². The van der Waals surface area contributed by atoms with Gasteiger partial charge in [0.15, 0.2) is 0 Å². The summed E-state index contributed by atoms with van der Waals surface area (Å²) in [4.78, 5) is 26.1. The Morgan fingerprint density at radius 2 is 1.97 bits per heavy atom. The maximum absolute atomic E-state index is 14.4. The van der Waals surface area contributed by atoms with Gasteiger partial charge in [0, 0.05) is 24.5 Å². The van der Waals surface area contributed by atoms with Crippen LogP contribution in [0.15, 0.2) is 36.5 Å².